The Balaban J connectivity index is 2.51. The van der Waals surface area contributed by atoms with Gasteiger partial charge in [-0.05, 0) is 0 Å². The average molecular weight is 358 g/mol. The molecule has 136 valence electrons. The molecule has 0 aliphatic carbocycles. The summed E-state index contributed by atoms with van der Waals surface area (Å²) in [4.78, 5) is 37.8. The Hall–Kier alpha value is -2.71. The van der Waals surface area contributed by atoms with Crippen LogP contribution in [0.2, 0.25) is 0 Å². The minimum atomic E-state index is -3.25. The SMILES string of the molecule is O=C(C(=O)C(O)(C(=O)c1ccccc1)C(O)C(O)CO)c1ccccc1. The quantitative estimate of drug-likeness (QED) is 0.291. The highest BCUT2D eigenvalue weighted by molar-refractivity contribution is 6.50. The fourth-order valence-electron chi connectivity index (χ4n) is 2.45. The molecule has 2 aromatic carbocycles. The molecule has 2 rings (SSSR count). The number of rotatable bonds is 8. The second kappa shape index (κ2) is 8.11. The molecule has 7 heteroatoms. The van der Waals surface area contributed by atoms with Crippen LogP contribution in [-0.4, -0.2) is 62.2 Å². The fraction of sp³-hybridized carbons (Fsp3) is 0.211. The van der Waals surface area contributed by atoms with Gasteiger partial charge >= 0.3 is 0 Å². The van der Waals surface area contributed by atoms with E-state index in [4.69, 9.17) is 5.11 Å². The number of hydrogen-bond donors (Lipinski definition) is 4. The third-order valence-corrected chi connectivity index (χ3v) is 3.95. The first kappa shape index (κ1) is 19.6. The minimum absolute atomic E-state index is 0.0949. The van der Waals surface area contributed by atoms with Crippen LogP contribution in [0.5, 0.6) is 0 Å². The van der Waals surface area contributed by atoms with Gasteiger partial charge in [0.2, 0.25) is 23.0 Å². The first-order valence-corrected chi connectivity index (χ1v) is 7.77. The lowest BCUT2D eigenvalue weighted by Crippen LogP contribution is -2.62. The molecule has 0 radical (unpaired) electrons. The molecule has 26 heavy (non-hydrogen) atoms. The summed E-state index contributed by atoms with van der Waals surface area (Å²) < 4.78 is 0. The van der Waals surface area contributed by atoms with Crippen LogP contribution in [-0.2, 0) is 4.79 Å². The molecule has 4 N–H and O–H groups in total. The molecule has 0 aliphatic heterocycles. The van der Waals surface area contributed by atoms with Gasteiger partial charge < -0.3 is 20.4 Å². The van der Waals surface area contributed by atoms with Crippen LogP contribution in [0.1, 0.15) is 20.7 Å². The predicted molar refractivity (Wildman–Crippen MR) is 90.6 cm³/mol. The highest BCUT2D eigenvalue weighted by Gasteiger charge is 2.55. The van der Waals surface area contributed by atoms with Crippen molar-refractivity contribution in [3.05, 3.63) is 71.8 Å². The lowest BCUT2D eigenvalue weighted by molar-refractivity contribution is -0.149. The largest absolute Gasteiger partial charge is 0.394 e. The van der Waals surface area contributed by atoms with E-state index in [0.717, 1.165) is 0 Å². The predicted octanol–water partition coefficient (Wildman–Crippen LogP) is -0.233. The van der Waals surface area contributed by atoms with Gasteiger partial charge in [-0.15, -0.1) is 0 Å². The molecule has 0 aliphatic rings. The van der Waals surface area contributed by atoms with Gasteiger partial charge in [0.25, 0.3) is 0 Å². The van der Waals surface area contributed by atoms with Crippen LogP contribution >= 0.6 is 0 Å². The number of carbonyl (C=O) groups is 3. The number of hydrogen-bond acceptors (Lipinski definition) is 7. The van der Waals surface area contributed by atoms with Gasteiger partial charge in [-0.2, -0.15) is 0 Å². The van der Waals surface area contributed by atoms with Crippen LogP contribution in [0, 0.1) is 0 Å². The highest BCUT2D eigenvalue weighted by atomic mass is 16.4. The Bertz CT molecular complexity index is 788. The zero-order chi connectivity index (χ0) is 19.3. The molecule has 3 unspecified atom stereocenters. The van der Waals surface area contributed by atoms with E-state index in [2.05, 4.69) is 0 Å². The maximum absolute atomic E-state index is 12.7. The average Bonchev–Trinajstić information content (AvgIpc) is 2.71. The van der Waals surface area contributed by atoms with Crippen LogP contribution < -0.4 is 0 Å². The van der Waals surface area contributed by atoms with Crippen molar-refractivity contribution in [2.45, 2.75) is 17.8 Å². The number of Topliss-reactive ketones (excluding diaryl/α,β-unsaturated/α-hetero) is 3. The topological polar surface area (TPSA) is 132 Å². The molecular weight excluding hydrogens is 340 g/mol. The maximum Gasteiger partial charge on any atom is 0.245 e. The van der Waals surface area contributed by atoms with E-state index in [1.54, 1.807) is 12.1 Å². The maximum atomic E-state index is 12.7. The smallest absolute Gasteiger partial charge is 0.245 e. The lowest BCUT2D eigenvalue weighted by atomic mass is 9.79. The van der Waals surface area contributed by atoms with Crippen LogP contribution in [0.25, 0.3) is 0 Å². The molecule has 0 bridgehead atoms. The summed E-state index contributed by atoms with van der Waals surface area (Å²) >= 11 is 0. The molecule has 3 atom stereocenters. The number of carbonyl (C=O) groups excluding carboxylic acids is 3. The van der Waals surface area contributed by atoms with Gasteiger partial charge in [0.1, 0.15) is 12.2 Å². The van der Waals surface area contributed by atoms with Crippen molar-refractivity contribution >= 4 is 17.3 Å². The van der Waals surface area contributed by atoms with Gasteiger partial charge in [-0.1, -0.05) is 60.7 Å². The monoisotopic (exact) mass is 358 g/mol. The molecular formula is C19H18O7. The summed E-state index contributed by atoms with van der Waals surface area (Å²) in [6.45, 7) is -1.03. The first-order valence-electron chi connectivity index (χ1n) is 7.77. The molecule has 7 nitrogen and oxygen atoms in total. The van der Waals surface area contributed by atoms with Crippen molar-refractivity contribution in [1.82, 2.24) is 0 Å². The fourth-order valence-corrected chi connectivity index (χ4v) is 2.45. The van der Waals surface area contributed by atoms with Gasteiger partial charge in [0.05, 0.1) is 6.61 Å². The molecule has 0 spiro atoms. The van der Waals surface area contributed by atoms with Crippen molar-refractivity contribution in [3.63, 3.8) is 0 Å². The molecule has 0 amide bonds. The molecule has 0 fully saturated rings. The molecule has 2 aromatic rings. The third kappa shape index (κ3) is 3.61. The minimum Gasteiger partial charge on any atom is -0.394 e. The van der Waals surface area contributed by atoms with E-state index in [-0.39, 0.29) is 11.1 Å². The Morgan fingerprint density at radius 2 is 1.31 bits per heavy atom. The van der Waals surface area contributed by atoms with E-state index in [0.29, 0.717) is 0 Å². The summed E-state index contributed by atoms with van der Waals surface area (Å²) in [5, 5.41) is 39.7. The van der Waals surface area contributed by atoms with Gasteiger partial charge in [-0.3, -0.25) is 14.4 Å². The van der Waals surface area contributed by atoms with Crippen molar-refractivity contribution in [2.75, 3.05) is 6.61 Å². The molecule has 0 heterocycles. The van der Waals surface area contributed by atoms with E-state index in [1.807, 2.05) is 0 Å². The summed E-state index contributed by atoms with van der Waals surface area (Å²) in [6.07, 6.45) is -4.42. The second-order valence-corrected chi connectivity index (χ2v) is 5.68. The van der Waals surface area contributed by atoms with E-state index in [9.17, 15) is 29.7 Å². The summed E-state index contributed by atoms with van der Waals surface area (Å²) in [5.41, 5.74) is -3.49. The van der Waals surface area contributed by atoms with Crippen LogP contribution in [0.3, 0.4) is 0 Å². The molecule has 0 saturated heterocycles. The van der Waals surface area contributed by atoms with E-state index < -0.39 is 41.8 Å². The van der Waals surface area contributed by atoms with Crippen molar-refractivity contribution in [2.24, 2.45) is 0 Å². The summed E-state index contributed by atoms with van der Waals surface area (Å²) in [5.74, 6) is -4.06. The van der Waals surface area contributed by atoms with Crippen molar-refractivity contribution in [1.29, 1.82) is 0 Å². The van der Waals surface area contributed by atoms with Gasteiger partial charge in [0, 0.05) is 11.1 Å². The van der Waals surface area contributed by atoms with Gasteiger partial charge in [-0.25, -0.2) is 0 Å². The number of aliphatic hydroxyl groups is 4. The van der Waals surface area contributed by atoms with Crippen LogP contribution in [0.4, 0.5) is 0 Å². The van der Waals surface area contributed by atoms with E-state index in [1.165, 1.54) is 48.5 Å². The normalized spacial score (nSPS) is 15.5. The molecule has 0 saturated carbocycles. The summed E-state index contributed by atoms with van der Waals surface area (Å²) in [7, 11) is 0. The molecule has 0 aromatic heterocycles. The Labute approximate surface area is 149 Å². The number of aliphatic hydroxyl groups excluding tert-OH is 3. The Kier molecular flexibility index (Phi) is 6.12. The third-order valence-electron chi connectivity index (χ3n) is 3.95. The zero-order valence-electron chi connectivity index (χ0n) is 13.6. The van der Waals surface area contributed by atoms with Gasteiger partial charge in [0.15, 0.2) is 0 Å². The van der Waals surface area contributed by atoms with Crippen molar-refractivity contribution < 1.29 is 34.8 Å². The highest BCUT2D eigenvalue weighted by Crippen LogP contribution is 2.24. The van der Waals surface area contributed by atoms with Crippen molar-refractivity contribution in [3.8, 4) is 0 Å². The Morgan fingerprint density at radius 1 is 0.846 bits per heavy atom. The summed E-state index contributed by atoms with van der Waals surface area (Å²) in [6, 6.07) is 14.3. The Morgan fingerprint density at radius 3 is 1.77 bits per heavy atom. The zero-order valence-corrected chi connectivity index (χ0v) is 13.6. The standard InChI is InChI=1S/C19H18O7/c20-11-14(21)17(24)19(26,16(23)13-9-5-2-6-10-13)18(25)15(22)12-7-3-1-4-8-12/h1-10,14,17,20-21,24,26H,11H2. The number of benzene rings is 2. The lowest BCUT2D eigenvalue weighted by Gasteiger charge is -2.31. The second-order valence-electron chi connectivity index (χ2n) is 5.68. The number of ketones is 3. The van der Waals surface area contributed by atoms with Crippen LogP contribution in [0.15, 0.2) is 60.7 Å². The van der Waals surface area contributed by atoms with E-state index >= 15 is 0 Å². The first-order chi connectivity index (χ1) is 12.3.